The first-order chi connectivity index (χ1) is 9.81. The molecule has 0 atom stereocenters. The van der Waals surface area contributed by atoms with Crippen molar-refractivity contribution in [3.05, 3.63) is 28.3 Å². The number of aryl methyl sites for hydroxylation is 1. The van der Waals surface area contributed by atoms with Crippen LogP contribution in [0.5, 0.6) is 0 Å². The molecule has 0 spiro atoms. The van der Waals surface area contributed by atoms with E-state index >= 15 is 0 Å². The molecule has 1 aliphatic heterocycles. The molecule has 2 aromatic heterocycles. The Morgan fingerprint density at radius 3 is 2.95 bits per heavy atom. The van der Waals surface area contributed by atoms with Crippen LogP contribution in [-0.4, -0.2) is 23.1 Å². The van der Waals surface area contributed by atoms with Crippen LogP contribution in [0.3, 0.4) is 0 Å². The summed E-state index contributed by atoms with van der Waals surface area (Å²) in [5.74, 6) is 1.77. The number of hydrogen-bond donors (Lipinski definition) is 1. The Bertz CT molecular complexity index is 609. The van der Waals surface area contributed by atoms with Crippen LogP contribution in [0.4, 0.5) is 5.82 Å². The number of nitrogens with one attached hydrogen (secondary N) is 1. The Kier molecular flexibility index (Phi) is 3.98. The van der Waals surface area contributed by atoms with E-state index in [9.17, 15) is 0 Å². The van der Waals surface area contributed by atoms with Crippen LogP contribution in [0.2, 0.25) is 0 Å². The van der Waals surface area contributed by atoms with E-state index in [0.29, 0.717) is 6.61 Å². The highest BCUT2D eigenvalue weighted by Gasteiger charge is 2.19. The van der Waals surface area contributed by atoms with Gasteiger partial charge in [-0.25, -0.2) is 9.97 Å². The van der Waals surface area contributed by atoms with Crippen molar-refractivity contribution in [3.63, 3.8) is 0 Å². The van der Waals surface area contributed by atoms with Gasteiger partial charge in [-0.05, 0) is 25.5 Å². The average molecular weight is 289 g/mol. The fraction of sp³-hybridized carbons (Fsp3) is 0.467. The van der Waals surface area contributed by atoms with Crippen molar-refractivity contribution >= 4 is 17.2 Å². The van der Waals surface area contributed by atoms with Crippen molar-refractivity contribution in [1.82, 2.24) is 9.97 Å². The van der Waals surface area contributed by atoms with E-state index in [0.717, 1.165) is 53.8 Å². The van der Waals surface area contributed by atoms with Gasteiger partial charge < -0.3 is 10.1 Å². The summed E-state index contributed by atoms with van der Waals surface area (Å²) in [6.07, 6.45) is 1.93. The van der Waals surface area contributed by atoms with E-state index in [1.807, 2.05) is 0 Å². The molecule has 0 amide bonds. The second-order valence-corrected chi connectivity index (χ2v) is 5.94. The Morgan fingerprint density at radius 1 is 1.30 bits per heavy atom. The monoisotopic (exact) mass is 289 g/mol. The molecular formula is C15H19N3OS. The molecular weight excluding hydrogens is 270 g/mol. The summed E-state index contributed by atoms with van der Waals surface area (Å²) in [5.41, 5.74) is 2.25. The van der Waals surface area contributed by atoms with Gasteiger partial charge in [-0.3, -0.25) is 0 Å². The highest BCUT2D eigenvalue weighted by Crippen LogP contribution is 2.30. The minimum Gasteiger partial charge on any atom is -0.376 e. The summed E-state index contributed by atoms with van der Waals surface area (Å²) in [4.78, 5) is 12.0. The van der Waals surface area contributed by atoms with Crippen molar-refractivity contribution < 1.29 is 4.74 Å². The van der Waals surface area contributed by atoms with Gasteiger partial charge in [0.15, 0.2) is 5.82 Å². The second kappa shape index (κ2) is 5.89. The van der Waals surface area contributed by atoms with Gasteiger partial charge in [0.1, 0.15) is 5.82 Å². The molecule has 0 saturated heterocycles. The van der Waals surface area contributed by atoms with Gasteiger partial charge in [0.25, 0.3) is 0 Å². The Balaban J connectivity index is 2.04. The predicted molar refractivity (Wildman–Crippen MR) is 82.2 cm³/mol. The van der Waals surface area contributed by atoms with E-state index in [1.54, 1.807) is 11.3 Å². The van der Waals surface area contributed by atoms with Gasteiger partial charge in [-0.1, -0.05) is 6.92 Å². The fourth-order valence-corrected chi connectivity index (χ4v) is 3.23. The Morgan fingerprint density at radius 2 is 2.20 bits per heavy atom. The van der Waals surface area contributed by atoms with Crippen molar-refractivity contribution in [2.45, 2.75) is 33.3 Å². The second-order valence-electron chi connectivity index (χ2n) is 4.77. The molecule has 1 aliphatic rings. The smallest absolute Gasteiger partial charge is 0.171 e. The average Bonchev–Trinajstić information content (AvgIpc) is 2.96. The third-order valence-corrected chi connectivity index (χ3v) is 4.62. The lowest BCUT2D eigenvalue weighted by molar-refractivity contribution is 0.109. The Hall–Kier alpha value is -1.46. The third-order valence-electron chi connectivity index (χ3n) is 3.40. The van der Waals surface area contributed by atoms with Gasteiger partial charge in [0, 0.05) is 23.4 Å². The topological polar surface area (TPSA) is 47.0 Å². The maximum Gasteiger partial charge on any atom is 0.171 e. The highest BCUT2D eigenvalue weighted by molar-refractivity contribution is 7.15. The van der Waals surface area contributed by atoms with Gasteiger partial charge in [0.2, 0.25) is 0 Å². The standard InChI is InChI=1S/C15H19N3OS/c1-3-10-5-6-13(20-10)15-17-12-7-8-19-9-11(12)14(18-15)16-4-2/h5-6H,3-4,7-9H2,1-2H3,(H,16,17,18). The molecule has 20 heavy (non-hydrogen) atoms. The van der Waals surface area contributed by atoms with Crippen molar-refractivity contribution in [3.8, 4) is 10.7 Å². The lowest BCUT2D eigenvalue weighted by atomic mass is 10.1. The summed E-state index contributed by atoms with van der Waals surface area (Å²) in [6.45, 7) is 6.47. The summed E-state index contributed by atoms with van der Waals surface area (Å²) < 4.78 is 5.53. The molecule has 0 aliphatic carbocycles. The summed E-state index contributed by atoms with van der Waals surface area (Å²) >= 11 is 1.78. The maximum atomic E-state index is 5.53. The zero-order chi connectivity index (χ0) is 13.9. The molecule has 0 bridgehead atoms. The van der Waals surface area contributed by atoms with E-state index in [2.05, 4.69) is 31.3 Å². The van der Waals surface area contributed by atoms with Gasteiger partial charge in [-0.2, -0.15) is 0 Å². The first kappa shape index (κ1) is 13.5. The molecule has 3 heterocycles. The first-order valence-corrected chi connectivity index (χ1v) is 7.94. The third kappa shape index (κ3) is 2.55. The molecule has 0 fully saturated rings. The number of ether oxygens (including phenoxy) is 1. The largest absolute Gasteiger partial charge is 0.376 e. The van der Waals surface area contributed by atoms with Crippen LogP contribution < -0.4 is 5.32 Å². The van der Waals surface area contributed by atoms with Crippen LogP contribution in [0.1, 0.15) is 30.0 Å². The molecule has 2 aromatic rings. The molecule has 106 valence electrons. The molecule has 0 saturated carbocycles. The predicted octanol–water partition coefficient (Wildman–Crippen LogP) is 3.27. The number of aromatic nitrogens is 2. The number of thiophene rings is 1. The molecule has 5 heteroatoms. The van der Waals surface area contributed by atoms with Gasteiger partial charge >= 0.3 is 0 Å². The number of hydrogen-bond acceptors (Lipinski definition) is 5. The number of anilines is 1. The van der Waals surface area contributed by atoms with E-state index in [4.69, 9.17) is 14.7 Å². The van der Waals surface area contributed by atoms with Crippen LogP contribution in [0.15, 0.2) is 12.1 Å². The normalized spacial score (nSPS) is 14.1. The highest BCUT2D eigenvalue weighted by atomic mass is 32.1. The zero-order valence-corrected chi connectivity index (χ0v) is 12.7. The lowest BCUT2D eigenvalue weighted by Crippen LogP contribution is -2.17. The zero-order valence-electron chi connectivity index (χ0n) is 11.9. The lowest BCUT2D eigenvalue weighted by Gasteiger charge is -2.19. The molecule has 0 radical (unpaired) electrons. The van der Waals surface area contributed by atoms with E-state index < -0.39 is 0 Å². The first-order valence-electron chi connectivity index (χ1n) is 7.12. The van der Waals surface area contributed by atoms with Crippen molar-refractivity contribution in [2.75, 3.05) is 18.5 Å². The molecule has 0 unspecified atom stereocenters. The molecule has 3 rings (SSSR count). The number of nitrogens with zero attached hydrogens (tertiary/aromatic N) is 2. The van der Waals surface area contributed by atoms with E-state index in [-0.39, 0.29) is 0 Å². The number of fused-ring (bicyclic) bond motifs is 1. The van der Waals surface area contributed by atoms with Gasteiger partial charge in [0.05, 0.1) is 23.8 Å². The maximum absolute atomic E-state index is 5.53. The summed E-state index contributed by atoms with van der Waals surface area (Å²) in [6, 6.07) is 4.29. The van der Waals surface area contributed by atoms with Crippen LogP contribution in [0, 0.1) is 0 Å². The van der Waals surface area contributed by atoms with E-state index in [1.165, 1.54) is 4.88 Å². The van der Waals surface area contributed by atoms with Gasteiger partial charge in [-0.15, -0.1) is 11.3 Å². The minimum absolute atomic E-state index is 0.614. The Labute approximate surface area is 123 Å². The van der Waals surface area contributed by atoms with Crippen LogP contribution in [-0.2, 0) is 24.2 Å². The SMILES string of the molecule is CCNc1nc(-c2ccc(CC)s2)nc2c1COCC2. The number of rotatable bonds is 4. The fourth-order valence-electron chi connectivity index (χ4n) is 2.34. The molecule has 4 nitrogen and oxygen atoms in total. The van der Waals surface area contributed by atoms with Crippen LogP contribution in [0.25, 0.3) is 10.7 Å². The molecule has 1 N–H and O–H groups in total. The quantitative estimate of drug-likeness (QED) is 0.938. The summed E-state index contributed by atoms with van der Waals surface area (Å²) in [7, 11) is 0. The molecule has 0 aromatic carbocycles. The minimum atomic E-state index is 0.614. The summed E-state index contributed by atoms with van der Waals surface area (Å²) in [5, 5.41) is 3.34. The van der Waals surface area contributed by atoms with Crippen LogP contribution >= 0.6 is 11.3 Å². The van der Waals surface area contributed by atoms with Crippen molar-refractivity contribution in [1.29, 1.82) is 0 Å². The van der Waals surface area contributed by atoms with Crippen molar-refractivity contribution in [2.24, 2.45) is 0 Å².